The Labute approximate surface area is 113 Å². The van der Waals surface area contributed by atoms with E-state index in [0.717, 1.165) is 13.3 Å². The second kappa shape index (κ2) is 7.96. The third-order valence-corrected chi connectivity index (χ3v) is 2.96. The van der Waals surface area contributed by atoms with Crippen molar-refractivity contribution in [3.63, 3.8) is 0 Å². The maximum absolute atomic E-state index is 12.0. The number of rotatable bonds is 8. The fraction of sp³-hybridized carbons (Fsp3) is 0.833. The number of aliphatic hydroxyl groups is 1. The highest BCUT2D eigenvalue weighted by Crippen LogP contribution is 2.06. The lowest BCUT2D eigenvalue weighted by Gasteiger charge is -2.29. The second-order valence-electron chi connectivity index (χ2n) is 4.68. The van der Waals surface area contributed by atoms with Crippen molar-refractivity contribution < 1.29 is 24.5 Å². The van der Waals surface area contributed by atoms with Crippen molar-refractivity contribution in [1.29, 1.82) is 0 Å². The predicted molar refractivity (Wildman–Crippen MR) is 70.0 cm³/mol. The summed E-state index contributed by atoms with van der Waals surface area (Å²) in [7, 11) is 1.54. The summed E-state index contributed by atoms with van der Waals surface area (Å²) in [5.74, 6) is -1.38. The predicted octanol–water partition coefficient (Wildman–Crippen LogP) is 0.279. The minimum absolute atomic E-state index is 0.00456. The van der Waals surface area contributed by atoms with Crippen molar-refractivity contribution in [2.24, 2.45) is 0 Å². The molecule has 0 spiro atoms. The van der Waals surface area contributed by atoms with Gasteiger partial charge in [-0.15, -0.1) is 0 Å². The van der Waals surface area contributed by atoms with Crippen molar-refractivity contribution >= 4 is 12.0 Å². The molecule has 0 saturated carbocycles. The van der Waals surface area contributed by atoms with E-state index in [4.69, 9.17) is 9.84 Å². The normalized spacial score (nSPS) is 15.4. The molecule has 2 atom stereocenters. The number of carboxylic acid groups (broad SMARTS) is 1. The summed E-state index contributed by atoms with van der Waals surface area (Å²) in [5, 5.41) is 20.7. The summed E-state index contributed by atoms with van der Waals surface area (Å²) < 4.78 is 4.94. The van der Waals surface area contributed by atoms with E-state index in [1.54, 1.807) is 12.0 Å². The smallest absolute Gasteiger partial charge is 0.337 e. The summed E-state index contributed by atoms with van der Waals surface area (Å²) >= 11 is 0. The Bertz CT molecular complexity index is 306. The van der Waals surface area contributed by atoms with Gasteiger partial charge in [0.25, 0.3) is 0 Å². The van der Waals surface area contributed by atoms with E-state index in [1.165, 1.54) is 0 Å². The fourth-order valence-corrected chi connectivity index (χ4v) is 1.36. The van der Waals surface area contributed by atoms with Crippen LogP contribution in [0.15, 0.2) is 0 Å². The Morgan fingerprint density at radius 1 is 1.47 bits per heavy atom. The SMILES string of the molecule is CCC(C)N(CCOC)C(=O)NCC(C)(O)C(=O)O. The average Bonchev–Trinajstić information content (AvgIpc) is 2.36. The van der Waals surface area contributed by atoms with Gasteiger partial charge in [-0.3, -0.25) is 0 Å². The molecule has 0 rings (SSSR count). The number of nitrogens with zero attached hydrogens (tertiary/aromatic N) is 1. The molecule has 2 amide bonds. The van der Waals surface area contributed by atoms with Crippen LogP contribution in [0.5, 0.6) is 0 Å². The van der Waals surface area contributed by atoms with Gasteiger partial charge in [0.15, 0.2) is 5.60 Å². The molecule has 0 bridgehead atoms. The van der Waals surface area contributed by atoms with E-state index >= 15 is 0 Å². The summed E-state index contributed by atoms with van der Waals surface area (Å²) in [6, 6.07) is -0.405. The van der Waals surface area contributed by atoms with Crippen LogP contribution < -0.4 is 5.32 Å². The van der Waals surface area contributed by atoms with Crippen LogP contribution in [-0.2, 0) is 9.53 Å². The second-order valence-corrected chi connectivity index (χ2v) is 4.68. The Balaban J connectivity index is 4.52. The van der Waals surface area contributed by atoms with Crippen LogP contribution >= 0.6 is 0 Å². The Morgan fingerprint density at radius 2 is 2.05 bits per heavy atom. The van der Waals surface area contributed by atoms with E-state index in [1.807, 2.05) is 13.8 Å². The molecule has 0 fully saturated rings. The molecule has 0 radical (unpaired) electrons. The Hall–Kier alpha value is -1.34. The minimum Gasteiger partial charge on any atom is -0.479 e. The fourth-order valence-electron chi connectivity index (χ4n) is 1.36. The van der Waals surface area contributed by atoms with Gasteiger partial charge in [0.2, 0.25) is 0 Å². The summed E-state index contributed by atoms with van der Waals surface area (Å²) in [6.45, 7) is 5.44. The van der Waals surface area contributed by atoms with Crippen LogP contribution in [0.2, 0.25) is 0 Å². The number of amides is 2. The van der Waals surface area contributed by atoms with Gasteiger partial charge in [-0.2, -0.15) is 0 Å². The summed E-state index contributed by atoms with van der Waals surface area (Å²) in [5.41, 5.74) is -1.97. The molecule has 7 nitrogen and oxygen atoms in total. The largest absolute Gasteiger partial charge is 0.479 e. The zero-order valence-electron chi connectivity index (χ0n) is 12.0. The van der Waals surface area contributed by atoms with Gasteiger partial charge < -0.3 is 25.2 Å². The van der Waals surface area contributed by atoms with Gasteiger partial charge in [-0.05, 0) is 20.3 Å². The zero-order valence-corrected chi connectivity index (χ0v) is 12.0. The van der Waals surface area contributed by atoms with Gasteiger partial charge in [0, 0.05) is 19.7 Å². The van der Waals surface area contributed by atoms with Gasteiger partial charge in [0.05, 0.1) is 13.2 Å². The third kappa shape index (κ3) is 5.89. The highest BCUT2D eigenvalue weighted by molar-refractivity contribution is 5.79. The number of carboxylic acids is 1. The number of aliphatic carboxylic acids is 1. The zero-order chi connectivity index (χ0) is 15.1. The van der Waals surface area contributed by atoms with Crippen molar-refractivity contribution in [2.45, 2.75) is 38.8 Å². The van der Waals surface area contributed by atoms with Crippen molar-refractivity contribution in [1.82, 2.24) is 10.2 Å². The molecule has 7 heteroatoms. The van der Waals surface area contributed by atoms with Gasteiger partial charge in [-0.25, -0.2) is 9.59 Å². The van der Waals surface area contributed by atoms with Crippen LogP contribution in [0.25, 0.3) is 0 Å². The molecule has 0 aliphatic heterocycles. The number of hydrogen-bond acceptors (Lipinski definition) is 4. The standard InChI is InChI=1S/C12H24N2O5/c1-5-9(2)14(6-7-19-4)11(17)13-8-12(3,18)10(15)16/h9,18H,5-8H2,1-4H3,(H,13,17)(H,15,16). The van der Waals surface area contributed by atoms with Crippen LogP contribution in [-0.4, -0.2) is 65.6 Å². The van der Waals surface area contributed by atoms with Gasteiger partial charge in [0.1, 0.15) is 0 Å². The monoisotopic (exact) mass is 276 g/mol. The van der Waals surface area contributed by atoms with Crippen LogP contribution in [0.4, 0.5) is 4.79 Å². The molecule has 0 aromatic carbocycles. The minimum atomic E-state index is -1.97. The quantitative estimate of drug-likeness (QED) is 0.591. The molecule has 0 heterocycles. The van der Waals surface area contributed by atoms with Gasteiger partial charge >= 0.3 is 12.0 Å². The van der Waals surface area contributed by atoms with E-state index in [2.05, 4.69) is 5.32 Å². The molecule has 0 aromatic heterocycles. The number of urea groups is 1. The molecule has 2 unspecified atom stereocenters. The lowest BCUT2D eigenvalue weighted by atomic mass is 10.1. The Morgan fingerprint density at radius 3 is 2.47 bits per heavy atom. The number of carbonyl (C=O) groups excluding carboxylic acids is 1. The maximum atomic E-state index is 12.0. The first-order chi connectivity index (χ1) is 8.76. The topological polar surface area (TPSA) is 99.1 Å². The van der Waals surface area contributed by atoms with Gasteiger partial charge in [-0.1, -0.05) is 6.92 Å². The van der Waals surface area contributed by atoms with E-state index in [0.29, 0.717) is 13.2 Å². The molecule has 0 aliphatic rings. The number of nitrogens with one attached hydrogen (secondary N) is 1. The molecule has 112 valence electrons. The first-order valence-electron chi connectivity index (χ1n) is 6.25. The molecule has 0 saturated heterocycles. The Kier molecular flexibility index (Phi) is 7.40. The average molecular weight is 276 g/mol. The van der Waals surface area contributed by atoms with Crippen LogP contribution in [0.3, 0.4) is 0 Å². The maximum Gasteiger partial charge on any atom is 0.337 e. The molecular weight excluding hydrogens is 252 g/mol. The molecular formula is C12H24N2O5. The number of carbonyl (C=O) groups is 2. The number of ether oxygens (including phenoxy) is 1. The highest BCUT2D eigenvalue weighted by Gasteiger charge is 2.31. The lowest BCUT2D eigenvalue weighted by Crippen LogP contribution is -2.52. The summed E-state index contributed by atoms with van der Waals surface area (Å²) in [6.07, 6.45) is 0.770. The summed E-state index contributed by atoms with van der Waals surface area (Å²) in [4.78, 5) is 24.3. The van der Waals surface area contributed by atoms with Crippen LogP contribution in [0.1, 0.15) is 27.2 Å². The molecule has 19 heavy (non-hydrogen) atoms. The first kappa shape index (κ1) is 17.7. The number of methoxy groups -OCH3 is 1. The first-order valence-corrected chi connectivity index (χ1v) is 6.25. The van der Waals surface area contributed by atoms with Crippen LogP contribution in [0, 0.1) is 0 Å². The van der Waals surface area contributed by atoms with E-state index in [-0.39, 0.29) is 12.6 Å². The van der Waals surface area contributed by atoms with Crippen molar-refractivity contribution in [3.8, 4) is 0 Å². The molecule has 0 aliphatic carbocycles. The highest BCUT2D eigenvalue weighted by atomic mass is 16.5. The van der Waals surface area contributed by atoms with Crippen molar-refractivity contribution in [3.05, 3.63) is 0 Å². The third-order valence-electron chi connectivity index (χ3n) is 2.96. The van der Waals surface area contributed by atoms with E-state index < -0.39 is 17.6 Å². The lowest BCUT2D eigenvalue weighted by molar-refractivity contribution is -0.155. The van der Waals surface area contributed by atoms with E-state index in [9.17, 15) is 14.7 Å². The number of hydrogen-bond donors (Lipinski definition) is 3. The van der Waals surface area contributed by atoms with Crippen molar-refractivity contribution in [2.75, 3.05) is 26.8 Å². The molecule has 0 aromatic rings. The molecule has 3 N–H and O–H groups in total.